The first-order valence-corrected chi connectivity index (χ1v) is 11.5. The quantitative estimate of drug-likeness (QED) is 0.782. The largest absolute Gasteiger partial charge is 0.294 e. The summed E-state index contributed by atoms with van der Waals surface area (Å²) in [5.74, 6) is 0.586. The maximum atomic E-state index is 5.88. The van der Waals surface area contributed by atoms with E-state index >= 15 is 0 Å². The topological polar surface area (TPSA) is 12.0 Å². The fourth-order valence-electron chi connectivity index (χ4n) is 3.55. The molecule has 1 aliphatic heterocycles. The Hall–Kier alpha value is 0.960. The monoisotopic (exact) mass is 291 g/mol. The Morgan fingerprint density at radius 1 is 1.24 bits per heavy atom. The SMILES string of the molecule is CCC1(CC)SC2(CCCC2)NC1P(C)(C)=S. The maximum Gasteiger partial charge on any atom is 0.0657 e. The first kappa shape index (κ1) is 14.4. The van der Waals surface area contributed by atoms with Crippen LogP contribution in [0.15, 0.2) is 0 Å². The Morgan fingerprint density at radius 2 is 1.76 bits per heavy atom. The molecule has 100 valence electrons. The van der Waals surface area contributed by atoms with Gasteiger partial charge in [0.25, 0.3) is 0 Å². The molecule has 1 unspecified atom stereocenters. The maximum absolute atomic E-state index is 5.88. The Labute approximate surface area is 116 Å². The second kappa shape index (κ2) is 4.81. The van der Waals surface area contributed by atoms with Crippen LogP contribution in [0.2, 0.25) is 0 Å². The van der Waals surface area contributed by atoms with E-state index in [1.165, 1.54) is 38.5 Å². The molecule has 1 nitrogen and oxygen atoms in total. The fraction of sp³-hybridized carbons (Fsp3) is 1.00. The summed E-state index contributed by atoms with van der Waals surface area (Å²) < 4.78 is 0.406. The van der Waals surface area contributed by atoms with Gasteiger partial charge >= 0.3 is 0 Å². The van der Waals surface area contributed by atoms with Gasteiger partial charge in [0.2, 0.25) is 0 Å². The summed E-state index contributed by atoms with van der Waals surface area (Å²) in [6.07, 6.45) is 8.01. The molecule has 0 aromatic carbocycles. The molecule has 0 aromatic rings. The van der Waals surface area contributed by atoms with Gasteiger partial charge in [-0.1, -0.05) is 38.5 Å². The van der Waals surface area contributed by atoms with Crippen molar-refractivity contribution in [3.05, 3.63) is 0 Å². The summed E-state index contributed by atoms with van der Waals surface area (Å²) in [5, 5.41) is 4.01. The molecule has 0 bridgehead atoms. The predicted molar refractivity (Wildman–Crippen MR) is 85.2 cm³/mol. The smallest absolute Gasteiger partial charge is 0.0657 e. The number of hydrogen-bond donors (Lipinski definition) is 1. The highest BCUT2D eigenvalue weighted by atomic mass is 32.4. The van der Waals surface area contributed by atoms with Crippen LogP contribution in [0.4, 0.5) is 0 Å². The molecule has 0 radical (unpaired) electrons. The van der Waals surface area contributed by atoms with Gasteiger partial charge in [0.15, 0.2) is 0 Å². The molecule has 1 saturated heterocycles. The van der Waals surface area contributed by atoms with E-state index in [1.807, 2.05) is 0 Å². The van der Waals surface area contributed by atoms with Crippen molar-refractivity contribution in [2.45, 2.75) is 67.8 Å². The second-order valence-corrected chi connectivity index (χ2v) is 14.1. The molecule has 1 N–H and O–H groups in total. The third kappa shape index (κ3) is 2.50. The minimum Gasteiger partial charge on any atom is -0.294 e. The van der Waals surface area contributed by atoms with E-state index in [1.54, 1.807) is 0 Å². The average Bonchev–Trinajstić information content (AvgIpc) is 2.84. The van der Waals surface area contributed by atoms with Crippen LogP contribution in [-0.2, 0) is 11.8 Å². The molecule has 0 aromatic heterocycles. The van der Waals surface area contributed by atoms with Crippen LogP contribution in [-0.4, -0.2) is 28.7 Å². The Balaban J connectivity index is 2.33. The van der Waals surface area contributed by atoms with Crippen molar-refractivity contribution in [2.24, 2.45) is 0 Å². The van der Waals surface area contributed by atoms with E-state index in [0.717, 1.165) is 0 Å². The van der Waals surface area contributed by atoms with Crippen LogP contribution in [0.1, 0.15) is 52.4 Å². The molecule has 2 fully saturated rings. The Bertz CT molecular complexity index is 326. The van der Waals surface area contributed by atoms with Gasteiger partial charge in [0.05, 0.1) is 10.7 Å². The molecular weight excluding hydrogens is 265 g/mol. The first-order valence-electron chi connectivity index (χ1n) is 6.90. The van der Waals surface area contributed by atoms with E-state index in [-0.39, 0.29) is 0 Å². The van der Waals surface area contributed by atoms with Crippen LogP contribution in [0.5, 0.6) is 0 Å². The van der Waals surface area contributed by atoms with Gasteiger partial charge < -0.3 is 0 Å². The van der Waals surface area contributed by atoms with Crippen LogP contribution >= 0.6 is 17.8 Å². The number of nitrogens with one attached hydrogen (secondary N) is 1. The lowest BCUT2D eigenvalue weighted by molar-refractivity contribution is 0.435. The van der Waals surface area contributed by atoms with Crippen molar-refractivity contribution >= 4 is 29.6 Å². The van der Waals surface area contributed by atoms with Crippen molar-refractivity contribution in [2.75, 3.05) is 13.3 Å². The molecule has 4 heteroatoms. The molecule has 0 amide bonds. The van der Waals surface area contributed by atoms with Crippen LogP contribution in [0, 0.1) is 0 Å². The van der Waals surface area contributed by atoms with E-state index in [0.29, 0.717) is 15.4 Å². The molecule has 2 rings (SSSR count). The second-order valence-electron chi connectivity index (χ2n) is 6.06. The van der Waals surface area contributed by atoms with Crippen molar-refractivity contribution in [1.29, 1.82) is 0 Å². The highest BCUT2D eigenvalue weighted by Gasteiger charge is 2.55. The predicted octanol–water partition coefficient (Wildman–Crippen LogP) is 4.22. The zero-order valence-electron chi connectivity index (χ0n) is 11.6. The summed E-state index contributed by atoms with van der Waals surface area (Å²) in [7, 11) is 0. The standard InChI is InChI=1S/C13H26NPS2/c1-5-12(6-2)11(15(3,4)16)14-13(17-12)9-7-8-10-13/h11,14H,5-10H2,1-4H3. The van der Waals surface area contributed by atoms with Crippen molar-refractivity contribution in [3.8, 4) is 0 Å². The molecule has 17 heavy (non-hydrogen) atoms. The lowest BCUT2D eigenvalue weighted by atomic mass is 10.0. The fourth-order valence-corrected chi connectivity index (χ4v) is 9.51. The zero-order valence-corrected chi connectivity index (χ0v) is 14.1. The van der Waals surface area contributed by atoms with Crippen molar-refractivity contribution in [1.82, 2.24) is 5.32 Å². The summed E-state index contributed by atoms with van der Waals surface area (Å²) in [6.45, 7) is 9.36. The lowest BCUT2D eigenvalue weighted by Crippen LogP contribution is -2.43. The highest BCUT2D eigenvalue weighted by molar-refractivity contribution is 8.15. The van der Waals surface area contributed by atoms with Crippen LogP contribution in [0.25, 0.3) is 0 Å². The van der Waals surface area contributed by atoms with Crippen molar-refractivity contribution < 1.29 is 0 Å². The van der Waals surface area contributed by atoms with E-state index in [9.17, 15) is 0 Å². The zero-order chi connectivity index (χ0) is 12.7. The van der Waals surface area contributed by atoms with Crippen LogP contribution < -0.4 is 5.32 Å². The summed E-state index contributed by atoms with van der Waals surface area (Å²) in [6, 6.07) is -1.25. The van der Waals surface area contributed by atoms with E-state index in [2.05, 4.69) is 44.3 Å². The molecular formula is C13H26NPS2. The number of rotatable bonds is 3. The number of hydrogen-bond acceptors (Lipinski definition) is 3. The minimum atomic E-state index is -1.25. The van der Waals surface area contributed by atoms with Gasteiger partial charge in [-0.2, -0.15) is 0 Å². The van der Waals surface area contributed by atoms with Crippen LogP contribution in [0.3, 0.4) is 0 Å². The third-order valence-electron chi connectivity index (χ3n) is 4.53. The Kier molecular flexibility index (Phi) is 4.07. The van der Waals surface area contributed by atoms with Gasteiger partial charge in [-0.25, -0.2) is 0 Å². The normalized spacial score (nSPS) is 31.2. The van der Waals surface area contributed by atoms with Gasteiger partial charge in [-0.05, 0) is 45.1 Å². The average molecular weight is 291 g/mol. The molecule has 1 atom stereocenters. The third-order valence-corrected chi connectivity index (χ3v) is 9.34. The summed E-state index contributed by atoms with van der Waals surface area (Å²) >= 11 is 8.13. The van der Waals surface area contributed by atoms with E-state index < -0.39 is 6.04 Å². The number of thioether (sulfide) groups is 1. The first-order chi connectivity index (χ1) is 7.87. The van der Waals surface area contributed by atoms with Gasteiger partial charge in [-0.15, -0.1) is 11.8 Å². The minimum absolute atomic E-state index is 0.382. The van der Waals surface area contributed by atoms with Gasteiger partial charge in [-0.3, -0.25) is 5.32 Å². The molecule has 1 heterocycles. The van der Waals surface area contributed by atoms with E-state index in [4.69, 9.17) is 11.8 Å². The van der Waals surface area contributed by atoms with Gasteiger partial charge in [0.1, 0.15) is 0 Å². The Morgan fingerprint density at radius 3 is 2.12 bits per heavy atom. The van der Waals surface area contributed by atoms with Crippen molar-refractivity contribution in [3.63, 3.8) is 0 Å². The molecule has 1 spiro atoms. The summed E-state index contributed by atoms with van der Waals surface area (Å²) in [5.41, 5.74) is 0. The molecule has 1 aliphatic carbocycles. The lowest BCUT2D eigenvalue weighted by Gasteiger charge is -2.36. The molecule has 1 saturated carbocycles. The molecule has 2 aliphatic rings. The van der Waals surface area contributed by atoms with Gasteiger partial charge in [0, 0.05) is 4.75 Å². The summed E-state index contributed by atoms with van der Waals surface area (Å²) in [4.78, 5) is 0.382. The highest BCUT2D eigenvalue weighted by Crippen LogP contribution is 2.63.